The van der Waals surface area contributed by atoms with Gasteiger partial charge in [0.1, 0.15) is 11.6 Å². The molecule has 0 spiro atoms. The third-order valence-corrected chi connectivity index (χ3v) is 3.42. The molecule has 1 aliphatic heterocycles. The highest BCUT2D eigenvalue weighted by Crippen LogP contribution is 2.25. The monoisotopic (exact) mass is 375 g/mol. The van der Waals surface area contributed by atoms with Crippen molar-refractivity contribution in [2.24, 2.45) is 0 Å². The van der Waals surface area contributed by atoms with E-state index in [1.54, 1.807) is 27.7 Å². The Bertz CT molecular complexity index is 560. The second-order valence-electron chi connectivity index (χ2n) is 6.56. The Balaban J connectivity index is 2.86. The number of imide groups is 1. The van der Waals surface area contributed by atoms with Gasteiger partial charge in [-0.3, -0.25) is 10.1 Å². The smallest absolute Gasteiger partial charge is 0.415 e. The first-order valence-electron chi connectivity index (χ1n) is 8.03. The van der Waals surface area contributed by atoms with Crippen LogP contribution in [-0.4, -0.2) is 77.3 Å². The first-order valence-corrected chi connectivity index (χ1v) is 8.03. The first kappa shape index (κ1) is 21.5. The molecule has 0 bridgehead atoms. The molecule has 1 saturated heterocycles. The molecule has 0 saturated carbocycles. The van der Waals surface area contributed by atoms with Crippen LogP contribution in [0.25, 0.3) is 0 Å². The zero-order valence-electron chi connectivity index (χ0n) is 15.5. The van der Waals surface area contributed by atoms with Crippen LogP contribution in [0.1, 0.15) is 34.1 Å². The lowest BCUT2D eigenvalue weighted by Gasteiger charge is -2.27. The van der Waals surface area contributed by atoms with Gasteiger partial charge in [-0.1, -0.05) is 0 Å². The maximum absolute atomic E-state index is 12.3. The average Bonchev–Trinajstić information content (AvgIpc) is 2.97. The average molecular weight is 375 g/mol. The number of hydroxylamine groups is 2. The Hall–Kier alpha value is -2.56. The zero-order valence-corrected chi connectivity index (χ0v) is 15.5. The van der Waals surface area contributed by atoms with E-state index in [2.05, 4.69) is 9.47 Å². The van der Waals surface area contributed by atoms with Crippen LogP contribution in [0.3, 0.4) is 0 Å². The topological polar surface area (TPSA) is 135 Å². The molecule has 0 radical (unpaired) electrons. The van der Waals surface area contributed by atoms with E-state index in [0.717, 1.165) is 12.0 Å². The molecule has 1 heterocycles. The quantitative estimate of drug-likeness (QED) is 0.324. The summed E-state index contributed by atoms with van der Waals surface area (Å²) < 4.78 is 14.5. The number of carbonyl (C=O) groups excluding carboxylic acids is 4. The maximum atomic E-state index is 12.3. The molecule has 0 aromatic rings. The van der Waals surface area contributed by atoms with Crippen molar-refractivity contribution in [1.82, 2.24) is 15.3 Å². The molecule has 1 aliphatic rings. The van der Waals surface area contributed by atoms with Gasteiger partial charge in [0, 0.05) is 13.0 Å². The van der Waals surface area contributed by atoms with Gasteiger partial charge in [0.05, 0.1) is 19.8 Å². The normalized spacial score (nSPS) is 19.5. The van der Waals surface area contributed by atoms with Crippen molar-refractivity contribution in [3.63, 3.8) is 0 Å². The Morgan fingerprint density at radius 2 is 1.88 bits per heavy atom. The lowest BCUT2D eigenvalue weighted by molar-refractivity contribution is -0.145. The molecule has 0 unspecified atom stereocenters. The second kappa shape index (κ2) is 8.70. The number of methoxy groups -OCH3 is 1. The number of hydrogen-bond acceptors (Lipinski definition) is 8. The minimum Gasteiger partial charge on any atom is -0.467 e. The number of rotatable bonds is 3. The fourth-order valence-electron chi connectivity index (χ4n) is 2.35. The Kier molecular flexibility index (Phi) is 7.19. The third kappa shape index (κ3) is 5.76. The summed E-state index contributed by atoms with van der Waals surface area (Å²) in [7, 11) is 1.16. The SMILES string of the molecule is CCOC(=O)NC(=O)N(O)[C@H]1C[C@@H](C(=O)OC)N(C(=O)OC(C)(C)C)C1. The van der Waals surface area contributed by atoms with Crippen LogP contribution in [0.2, 0.25) is 0 Å². The van der Waals surface area contributed by atoms with Gasteiger partial charge in [-0.25, -0.2) is 29.6 Å². The van der Waals surface area contributed by atoms with Gasteiger partial charge in [-0.05, 0) is 27.7 Å². The lowest BCUT2D eigenvalue weighted by Crippen LogP contribution is -2.48. The number of amides is 4. The summed E-state index contributed by atoms with van der Waals surface area (Å²) in [5.74, 6) is -0.711. The Morgan fingerprint density at radius 3 is 2.38 bits per heavy atom. The molecule has 11 heteroatoms. The molecule has 2 N–H and O–H groups in total. The third-order valence-electron chi connectivity index (χ3n) is 3.42. The van der Waals surface area contributed by atoms with Crippen molar-refractivity contribution in [2.75, 3.05) is 20.3 Å². The molecule has 2 atom stereocenters. The minimum absolute atomic E-state index is 0.0464. The van der Waals surface area contributed by atoms with Crippen molar-refractivity contribution in [2.45, 2.75) is 51.8 Å². The van der Waals surface area contributed by atoms with E-state index < -0.39 is 41.9 Å². The zero-order chi connectivity index (χ0) is 20.1. The van der Waals surface area contributed by atoms with Crippen LogP contribution >= 0.6 is 0 Å². The lowest BCUT2D eigenvalue weighted by atomic mass is 10.1. The number of esters is 1. The number of nitrogens with zero attached hydrogens (tertiary/aromatic N) is 2. The summed E-state index contributed by atoms with van der Waals surface area (Å²) in [6, 6.07) is -3.12. The van der Waals surface area contributed by atoms with E-state index in [4.69, 9.17) is 4.74 Å². The van der Waals surface area contributed by atoms with E-state index in [1.165, 1.54) is 0 Å². The van der Waals surface area contributed by atoms with Crippen molar-refractivity contribution in [3.8, 4) is 0 Å². The first-order chi connectivity index (χ1) is 12.0. The summed E-state index contributed by atoms with van der Waals surface area (Å²) in [6.07, 6.45) is -1.89. The number of likely N-dealkylation sites (tertiary alicyclic amines) is 1. The van der Waals surface area contributed by atoms with Crippen molar-refractivity contribution < 1.29 is 38.6 Å². The fraction of sp³-hybridized carbons (Fsp3) is 0.733. The summed E-state index contributed by atoms with van der Waals surface area (Å²) in [5.41, 5.74) is -0.796. The number of alkyl carbamates (subject to hydrolysis) is 1. The highest BCUT2D eigenvalue weighted by Gasteiger charge is 2.45. The predicted octanol–water partition coefficient (Wildman–Crippen LogP) is 1.09. The molecule has 148 valence electrons. The van der Waals surface area contributed by atoms with Gasteiger partial charge >= 0.3 is 24.2 Å². The Labute approximate surface area is 151 Å². The van der Waals surface area contributed by atoms with Gasteiger partial charge in [0.25, 0.3) is 0 Å². The molecule has 0 aromatic heterocycles. The van der Waals surface area contributed by atoms with E-state index in [-0.39, 0.29) is 24.6 Å². The molecular formula is C15H25N3O8. The van der Waals surface area contributed by atoms with E-state index in [1.807, 2.05) is 5.32 Å². The minimum atomic E-state index is -1.14. The molecule has 0 aromatic carbocycles. The van der Waals surface area contributed by atoms with Crippen molar-refractivity contribution >= 4 is 24.2 Å². The fourth-order valence-corrected chi connectivity index (χ4v) is 2.35. The van der Waals surface area contributed by atoms with Gasteiger partial charge in [-0.15, -0.1) is 0 Å². The maximum Gasteiger partial charge on any atom is 0.415 e. The predicted molar refractivity (Wildman–Crippen MR) is 86.3 cm³/mol. The van der Waals surface area contributed by atoms with Gasteiger partial charge in [0.15, 0.2) is 0 Å². The van der Waals surface area contributed by atoms with E-state index in [9.17, 15) is 24.4 Å². The standard InChI is InChI=1S/C15H25N3O8/c1-6-25-13(21)16-12(20)18(23)9-7-10(11(19)24-5)17(8-9)14(22)26-15(2,3)4/h9-10,23H,6-8H2,1-5H3,(H,16,20,21)/t9-,10-/m0/s1. The molecular weight excluding hydrogens is 350 g/mol. The summed E-state index contributed by atoms with van der Waals surface area (Å²) in [5, 5.41) is 12.1. The Morgan fingerprint density at radius 1 is 1.27 bits per heavy atom. The number of ether oxygens (including phenoxy) is 3. The number of carbonyl (C=O) groups is 4. The van der Waals surface area contributed by atoms with Crippen molar-refractivity contribution in [3.05, 3.63) is 0 Å². The number of urea groups is 1. The van der Waals surface area contributed by atoms with Crippen LogP contribution in [0, 0.1) is 0 Å². The molecule has 1 rings (SSSR count). The number of hydrogen-bond donors (Lipinski definition) is 2. The molecule has 1 fully saturated rings. The molecule has 4 amide bonds. The van der Waals surface area contributed by atoms with Crippen molar-refractivity contribution in [1.29, 1.82) is 0 Å². The van der Waals surface area contributed by atoms with Gasteiger partial charge in [-0.2, -0.15) is 0 Å². The van der Waals surface area contributed by atoms with E-state index in [0.29, 0.717) is 0 Å². The van der Waals surface area contributed by atoms with Crippen LogP contribution in [0.4, 0.5) is 14.4 Å². The number of nitrogens with one attached hydrogen (secondary N) is 1. The van der Waals surface area contributed by atoms with Crippen LogP contribution in [-0.2, 0) is 19.0 Å². The van der Waals surface area contributed by atoms with E-state index >= 15 is 0 Å². The molecule has 26 heavy (non-hydrogen) atoms. The highest BCUT2D eigenvalue weighted by atomic mass is 16.6. The molecule has 11 nitrogen and oxygen atoms in total. The van der Waals surface area contributed by atoms with Crippen LogP contribution in [0.15, 0.2) is 0 Å². The largest absolute Gasteiger partial charge is 0.467 e. The molecule has 0 aliphatic carbocycles. The second-order valence-corrected chi connectivity index (χ2v) is 6.56. The summed E-state index contributed by atoms with van der Waals surface area (Å²) in [4.78, 5) is 48.5. The highest BCUT2D eigenvalue weighted by molar-refractivity contribution is 5.90. The van der Waals surface area contributed by atoms with Crippen LogP contribution in [0.5, 0.6) is 0 Å². The summed E-state index contributed by atoms with van der Waals surface area (Å²) in [6.45, 7) is 6.41. The van der Waals surface area contributed by atoms with Gasteiger partial charge in [0.2, 0.25) is 0 Å². The van der Waals surface area contributed by atoms with Gasteiger partial charge < -0.3 is 14.2 Å². The van der Waals surface area contributed by atoms with Crippen LogP contribution < -0.4 is 5.32 Å². The summed E-state index contributed by atoms with van der Waals surface area (Å²) >= 11 is 0.